The quantitative estimate of drug-likeness (QED) is 0.503. The van der Waals surface area contributed by atoms with E-state index in [-0.39, 0.29) is 5.91 Å². The molecule has 0 bridgehead atoms. The zero-order valence-corrected chi connectivity index (χ0v) is 8.92. The van der Waals surface area contributed by atoms with Crippen LogP contribution < -0.4 is 5.32 Å². The van der Waals surface area contributed by atoms with Crippen LogP contribution in [0.3, 0.4) is 0 Å². The third kappa shape index (κ3) is 3.01. The Morgan fingerprint density at radius 2 is 2.14 bits per heavy atom. The van der Waals surface area contributed by atoms with Crippen LogP contribution >= 0.6 is 0 Å². The molecule has 4 nitrogen and oxygen atoms in total. The van der Waals surface area contributed by atoms with E-state index in [1.54, 1.807) is 20.8 Å². The van der Waals surface area contributed by atoms with Crippen molar-refractivity contribution < 1.29 is 14.3 Å². The topological polar surface area (TPSA) is 55.4 Å². The molecule has 0 aromatic rings. The van der Waals surface area contributed by atoms with Crippen LogP contribution in [0.15, 0.2) is 0 Å². The third-order valence-electron chi connectivity index (χ3n) is 1.98. The number of rotatable bonds is 1. The number of amides is 1. The van der Waals surface area contributed by atoms with Gasteiger partial charge >= 0.3 is 5.97 Å². The Kier molecular flexibility index (Phi) is 3.13. The zero-order chi connectivity index (χ0) is 10.8. The first-order chi connectivity index (χ1) is 6.40. The first kappa shape index (κ1) is 11.0. The fourth-order valence-electron chi connectivity index (χ4n) is 1.37. The Bertz CT molecular complexity index is 242. The number of carbonyl (C=O) groups is 2. The van der Waals surface area contributed by atoms with Crippen LogP contribution in [-0.4, -0.2) is 24.0 Å². The summed E-state index contributed by atoms with van der Waals surface area (Å²) in [5.74, 6) is -1.22. The highest BCUT2D eigenvalue weighted by molar-refractivity contribution is 5.98. The lowest BCUT2D eigenvalue weighted by Crippen LogP contribution is -2.42. The second-order valence-electron chi connectivity index (χ2n) is 4.52. The molecule has 0 saturated carbocycles. The minimum Gasteiger partial charge on any atom is -0.459 e. The van der Waals surface area contributed by atoms with Gasteiger partial charge in [0, 0.05) is 6.54 Å². The van der Waals surface area contributed by atoms with Gasteiger partial charge in [0.05, 0.1) is 0 Å². The Morgan fingerprint density at radius 3 is 2.64 bits per heavy atom. The molecule has 1 N–H and O–H groups in total. The molecule has 1 saturated heterocycles. The van der Waals surface area contributed by atoms with E-state index in [0.29, 0.717) is 13.0 Å². The predicted octanol–water partition coefficient (Wildman–Crippen LogP) is 0.854. The summed E-state index contributed by atoms with van der Waals surface area (Å²) in [5, 5.41) is 2.66. The van der Waals surface area contributed by atoms with Gasteiger partial charge in [-0.25, -0.2) is 0 Å². The highest BCUT2D eigenvalue weighted by atomic mass is 16.6. The molecular formula is C10H17NO3. The van der Waals surface area contributed by atoms with Gasteiger partial charge in [0.2, 0.25) is 5.91 Å². The molecule has 1 rings (SSSR count). The van der Waals surface area contributed by atoms with Crippen LogP contribution in [0.1, 0.15) is 33.6 Å². The van der Waals surface area contributed by atoms with Crippen LogP contribution in [0.2, 0.25) is 0 Å². The van der Waals surface area contributed by atoms with Crippen molar-refractivity contribution in [3.8, 4) is 0 Å². The fourth-order valence-corrected chi connectivity index (χ4v) is 1.37. The lowest BCUT2D eigenvalue weighted by atomic mass is 9.98. The molecule has 1 fully saturated rings. The molecule has 0 aromatic heterocycles. The molecule has 14 heavy (non-hydrogen) atoms. The number of piperidine rings is 1. The van der Waals surface area contributed by atoms with Crippen molar-refractivity contribution in [1.29, 1.82) is 0 Å². The summed E-state index contributed by atoms with van der Waals surface area (Å²) in [7, 11) is 0. The van der Waals surface area contributed by atoms with Crippen molar-refractivity contribution >= 4 is 11.9 Å². The molecule has 1 aliphatic rings. The second-order valence-corrected chi connectivity index (χ2v) is 4.52. The van der Waals surface area contributed by atoms with E-state index in [1.807, 2.05) is 0 Å². The monoisotopic (exact) mass is 199 g/mol. The molecule has 1 aliphatic heterocycles. The summed E-state index contributed by atoms with van der Waals surface area (Å²) in [5.41, 5.74) is -0.519. The molecule has 1 heterocycles. The number of esters is 1. The van der Waals surface area contributed by atoms with Gasteiger partial charge < -0.3 is 10.1 Å². The smallest absolute Gasteiger partial charge is 0.319 e. The Labute approximate surface area is 84.0 Å². The Hall–Kier alpha value is -1.06. The van der Waals surface area contributed by atoms with E-state index >= 15 is 0 Å². The standard InChI is InChI=1S/C10H17NO3/c1-10(2,3)14-9(13)7-5-4-6-11-8(7)12/h7H,4-6H2,1-3H3,(H,11,12). The van der Waals surface area contributed by atoms with E-state index in [9.17, 15) is 9.59 Å². The number of hydrogen-bond donors (Lipinski definition) is 1. The highest BCUT2D eigenvalue weighted by Crippen LogP contribution is 2.17. The number of hydrogen-bond acceptors (Lipinski definition) is 3. The maximum absolute atomic E-state index is 11.5. The van der Waals surface area contributed by atoms with Crippen molar-refractivity contribution in [1.82, 2.24) is 5.32 Å². The van der Waals surface area contributed by atoms with Crippen LogP contribution in [0.4, 0.5) is 0 Å². The largest absolute Gasteiger partial charge is 0.459 e. The lowest BCUT2D eigenvalue weighted by Gasteiger charge is -2.25. The summed E-state index contributed by atoms with van der Waals surface area (Å²) in [6.45, 7) is 6.06. The third-order valence-corrected chi connectivity index (χ3v) is 1.98. The predicted molar refractivity (Wildman–Crippen MR) is 51.6 cm³/mol. The summed E-state index contributed by atoms with van der Waals surface area (Å²) in [6, 6.07) is 0. The van der Waals surface area contributed by atoms with Gasteiger partial charge in [0.15, 0.2) is 0 Å². The molecule has 4 heteroatoms. The average molecular weight is 199 g/mol. The van der Waals surface area contributed by atoms with Crippen LogP contribution in [0.25, 0.3) is 0 Å². The summed E-state index contributed by atoms with van der Waals surface area (Å²) in [4.78, 5) is 22.9. The minimum atomic E-state index is -0.608. The summed E-state index contributed by atoms with van der Waals surface area (Å²) in [6.07, 6.45) is 1.44. The van der Waals surface area contributed by atoms with Crippen LogP contribution in [-0.2, 0) is 14.3 Å². The first-order valence-corrected chi connectivity index (χ1v) is 4.91. The van der Waals surface area contributed by atoms with E-state index in [4.69, 9.17) is 4.74 Å². The summed E-state index contributed by atoms with van der Waals surface area (Å²) < 4.78 is 5.15. The Balaban J connectivity index is 2.55. The van der Waals surface area contributed by atoms with E-state index in [0.717, 1.165) is 6.42 Å². The van der Waals surface area contributed by atoms with Gasteiger partial charge in [-0.05, 0) is 33.6 Å². The number of carbonyl (C=O) groups excluding carboxylic acids is 2. The van der Waals surface area contributed by atoms with E-state index in [2.05, 4.69) is 5.32 Å². The SMILES string of the molecule is CC(C)(C)OC(=O)C1CCCNC1=O. The average Bonchev–Trinajstić information content (AvgIpc) is 2.01. The Morgan fingerprint density at radius 1 is 1.50 bits per heavy atom. The molecule has 80 valence electrons. The molecule has 0 aromatic carbocycles. The van der Waals surface area contributed by atoms with Gasteiger partial charge in [-0.2, -0.15) is 0 Å². The van der Waals surface area contributed by atoms with E-state index in [1.165, 1.54) is 0 Å². The normalized spacial score (nSPS) is 22.8. The molecular weight excluding hydrogens is 182 g/mol. The second kappa shape index (κ2) is 3.98. The van der Waals surface area contributed by atoms with Crippen molar-refractivity contribution in [3.63, 3.8) is 0 Å². The number of nitrogens with one attached hydrogen (secondary N) is 1. The lowest BCUT2D eigenvalue weighted by molar-refractivity contribution is -0.163. The van der Waals surface area contributed by atoms with Crippen molar-refractivity contribution in [2.24, 2.45) is 5.92 Å². The molecule has 0 aliphatic carbocycles. The molecule has 1 amide bonds. The van der Waals surface area contributed by atoms with Crippen molar-refractivity contribution in [2.45, 2.75) is 39.2 Å². The zero-order valence-electron chi connectivity index (χ0n) is 8.92. The maximum Gasteiger partial charge on any atom is 0.319 e. The van der Waals surface area contributed by atoms with Gasteiger partial charge in [0.1, 0.15) is 11.5 Å². The molecule has 1 unspecified atom stereocenters. The minimum absolute atomic E-state index is 0.203. The van der Waals surface area contributed by atoms with Gasteiger partial charge in [-0.3, -0.25) is 9.59 Å². The van der Waals surface area contributed by atoms with Crippen LogP contribution in [0.5, 0.6) is 0 Å². The van der Waals surface area contributed by atoms with E-state index < -0.39 is 17.5 Å². The highest BCUT2D eigenvalue weighted by Gasteiger charge is 2.32. The first-order valence-electron chi connectivity index (χ1n) is 4.91. The van der Waals surface area contributed by atoms with Gasteiger partial charge in [0.25, 0.3) is 0 Å². The number of ether oxygens (including phenoxy) is 1. The van der Waals surface area contributed by atoms with Crippen molar-refractivity contribution in [3.05, 3.63) is 0 Å². The molecule has 0 radical (unpaired) electrons. The van der Waals surface area contributed by atoms with Gasteiger partial charge in [-0.15, -0.1) is 0 Å². The van der Waals surface area contributed by atoms with Gasteiger partial charge in [-0.1, -0.05) is 0 Å². The summed E-state index contributed by atoms with van der Waals surface area (Å²) >= 11 is 0. The van der Waals surface area contributed by atoms with Crippen molar-refractivity contribution in [2.75, 3.05) is 6.54 Å². The molecule has 0 spiro atoms. The van der Waals surface area contributed by atoms with Crippen LogP contribution in [0, 0.1) is 5.92 Å². The fraction of sp³-hybridized carbons (Fsp3) is 0.800. The molecule has 1 atom stereocenters. The maximum atomic E-state index is 11.5.